The Kier molecular flexibility index (Phi) is 2.17. The minimum atomic E-state index is 0.689. The first-order chi connectivity index (χ1) is 6.29. The van der Waals surface area contributed by atoms with Crippen molar-refractivity contribution in [2.24, 2.45) is 0 Å². The van der Waals surface area contributed by atoms with Crippen LogP contribution in [0.25, 0.3) is 0 Å². The quantitative estimate of drug-likeness (QED) is 0.751. The maximum atomic E-state index is 4.45. The van der Waals surface area contributed by atoms with Crippen LogP contribution in [0.1, 0.15) is 36.6 Å². The Labute approximate surface area is 78.6 Å². The summed E-state index contributed by atoms with van der Waals surface area (Å²) in [5.41, 5.74) is 2.27. The molecule has 13 heavy (non-hydrogen) atoms. The Hall–Kier alpha value is -1.12. The van der Waals surface area contributed by atoms with Crippen LogP contribution in [-0.2, 0) is 0 Å². The first-order valence-electron chi connectivity index (χ1n) is 4.83. The zero-order valence-electron chi connectivity index (χ0n) is 8.17. The molecule has 1 aliphatic carbocycles. The lowest BCUT2D eigenvalue weighted by Crippen LogP contribution is -2.12. The summed E-state index contributed by atoms with van der Waals surface area (Å²) in [5.74, 6) is 1.44. The lowest BCUT2D eigenvalue weighted by molar-refractivity contribution is 0.410. The van der Waals surface area contributed by atoms with E-state index in [2.05, 4.69) is 21.4 Å². The standard InChI is InChI=1S/C10H15N3/c1-7-6-9(8-4-3-5-8)13-10(11-2)12-7/h6,8H,3-5H2,1-2H3,(H,11,12,13). The van der Waals surface area contributed by atoms with Crippen molar-refractivity contribution < 1.29 is 0 Å². The van der Waals surface area contributed by atoms with Crippen molar-refractivity contribution in [3.05, 3.63) is 17.5 Å². The second-order valence-corrected chi connectivity index (χ2v) is 3.64. The number of hydrogen-bond donors (Lipinski definition) is 1. The molecule has 0 unspecified atom stereocenters. The van der Waals surface area contributed by atoms with Gasteiger partial charge in [-0.1, -0.05) is 6.42 Å². The van der Waals surface area contributed by atoms with Gasteiger partial charge in [0, 0.05) is 24.4 Å². The van der Waals surface area contributed by atoms with Gasteiger partial charge in [-0.2, -0.15) is 0 Å². The summed E-state index contributed by atoms with van der Waals surface area (Å²) in [4.78, 5) is 8.72. The highest BCUT2D eigenvalue weighted by Crippen LogP contribution is 2.35. The lowest BCUT2D eigenvalue weighted by atomic mass is 9.83. The smallest absolute Gasteiger partial charge is 0.222 e. The molecular formula is C10H15N3. The van der Waals surface area contributed by atoms with Crippen molar-refractivity contribution in [1.29, 1.82) is 0 Å². The fourth-order valence-corrected chi connectivity index (χ4v) is 1.62. The topological polar surface area (TPSA) is 37.8 Å². The zero-order valence-corrected chi connectivity index (χ0v) is 8.17. The maximum absolute atomic E-state index is 4.45. The van der Waals surface area contributed by atoms with Gasteiger partial charge in [-0.25, -0.2) is 9.97 Å². The molecule has 0 radical (unpaired) electrons. The van der Waals surface area contributed by atoms with E-state index in [4.69, 9.17) is 0 Å². The summed E-state index contributed by atoms with van der Waals surface area (Å²) in [6, 6.07) is 2.10. The summed E-state index contributed by atoms with van der Waals surface area (Å²) < 4.78 is 0. The average Bonchev–Trinajstić information content (AvgIpc) is 2.00. The van der Waals surface area contributed by atoms with Crippen LogP contribution in [0, 0.1) is 6.92 Å². The first-order valence-corrected chi connectivity index (χ1v) is 4.83. The van der Waals surface area contributed by atoms with Crippen molar-refractivity contribution in [3.63, 3.8) is 0 Å². The van der Waals surface area contributed by atoms with Crippen LogP contribution in [0.15, 0.2) is 6.07 Å². The fourth-order valence-electron chi connectivity index (χ4n) is 1.62. The Bertz CT molecular complexity index is 305. The van der Waals surface area contributed by atoms with Crippen molar-refractivity contribution in [2.75, 3.05) is 12.4 Å². The van der Waals surface area contributed by atoms with Crippen molar-refractivity contribution in [2.45, 2.75) is 32.1 Å². The van der Waals surface area contributed by atoms with Gasteiger partial charge in [0.25, 0.3) is 0 Å². The lowest BCUT2D eigenvalue weighted by Gasteiger charge is -2.25. The monoisotopic (exact) mass is 177 g/mol. The summed E-state index contributed by atoms with van der Waals surface area (Å²) in [6.45, 7) is 2.02. The van der Waals surface area contributed by atoms with Crippen molar-refractivity contribution in [3.8, 4) is 0 Å². The molecule has 0 aliphatic heterocycles. The predicted molar refractivity (Wildman–Crippen MR) is 52.9 cm³/mol. The van der Waals surface area contributed by atoms with Crippen LogP contribution in [-0.4, -0.2) is 17.0 Å². The van der Waals surface area contributed by atoms with Crippen LogP contribution in [0.4, 0.5) is 5.95 Å². The fraction of sp³-hybridized carbons (Fsp3) is 0.600. The molecule has 0 bridgehead atoms. The average molecular weight is 177 g/mol. The summed E-state index contributed by atoms with van der Waals surface area (Å²) in [6.07, 6.45) is 3.93. The molecular weight excluding hydrogens is 162 g/mol. The minimum Gasteiger partial charge on any atom is -0.357 e. The second kappa shape index (κ2) is 3.32. The number of anilines is 1. The van der Waals surface area contributed by atoms with Gasteiger partial charge in [0.05, 0.1) is 0 Å². The van der Waals surface area contributed by atoms with E-state index in [1.54, 1.807) is 0 Å². The summed E-state index contributed by atoms with van der Waals surface area (Å²) in [7, 11) is 1.86. The molecule has 1 aliphatic rings. The highest BCUT2D eigenvalue weighted by Gasteiger charge is 2.21. The number of nitrogens with zero attached hydrogens (tertiary/aromatic N) is 2. The van der Waals surface area contributed by atoms with E-state index >= 15 is 0 Å². The van der Waals surface area contributed by atoms with Gasteiger partial charge in [-0.3, -0.25) is 0 Å². The molecule has 0 atom stereocenters. The molecule has 1 N–H and O–H groups in total. The van der Waals surface area contributed by atoms with Crippen molar-refractivity contribution >= 4 is 5.95 Å². The SMILES string of the molecule is CNc1nc(C)cc(C2CCC2)n1. The largest absolute Gasteiger partial charge is 0.357 e. The number of hydrogen-bond acceptors (Lipinski definition) is 3. The molecule has 2 rings (SSSR count). The van der Waals surface area contributed by atoms with Crippen LogP contribution in [0.2, 0.25) is 0 Å². The molecule has 1 aromatic heterocycles. The molecule has 0 spiro atoms. The number of aryl methyl sites for hydroxylation is 1. The Morgan fingerprint density at radius 1 is 1.38 bits per heavy atom. The molecule has 1 aromatic rings. The molecule has 0 aromatic carbocycles. The normalized spacial score (nSPS) is 16.8. The zero-order chi connectivity index (χ0) is 9.26. The van der Waals surface area contributed by atoms with Gasteiger partial charge >= 0.3 is 0 Å². The van der Waals surface area contributed by atoms with Gasteiger partial charge in [0.1, 0.15) is 0 Å². The number of rotatable bonds is 2. The van der Waals surface area contributed by atoms with Gasteiger partial charge in [0.2, 0.25) is 5.95 Å². The maximum Gasteiger partial charge on any atom is 0.222 e. The number of nitrogens with one attached hydrogen (secondary N) is 1. The van der Waals surface area contributed by atoms with Crippen LogP contribution in [0.3, 0.4) is 0 Å². The molecule has 3 heteroatoms. The Morgan fingerprint density at radius 3 is 2.69 bits per heavy atom. The van der Waals surface area contributed by atoms with E-state index in [1.165, 1.54) is 25.0 Å². The van der Waals surface area contributed by atoms with Gasteiger partial charge < -0.3 is 5.32 Å². The highest BCUT2D eigenvalue weighted by atomic mass is 15.1. The van der Waals surface area contributed by atoms with Crippen molar-refractivity contribution in [1.82, 2.24) is 9.97 Å². The van der Waals surface area contributed by atoms with Gasteiger partial charge in [0.15, 0.2) is 0 Å². The van der Waals surface area contributed by atoms with Gasteiger partial charge in [-0.15, -0.1) is 0 Å². The van der Waals surface area contributed by atoms with E-state index in [-0.39, 0.29) is 0 Å². The van der Waals surface area contributed by atoms with Gasteiger partial charge in [-0.05, 0) is 25.8 Å². The summed E-state index contributed by atoms with van der Waals surface area (Å²) >= 11 is 0. The molecule has 1 fully saturated rings. The van der Waals surface area contributed by atoms with Crippen LogP contribution < -0.4 is 5.32 Å². The molecule has 1 saturated carbocycles. The predicted octanol–water partition coefficient (Wildman–Crippen LogP) is 2.09. The first kappa shape index (κ1) is 8.48. The van der Waals surface area contributed by atoms with E-state index in [1.807, 2.05) is 14.0 Å². The Morgan fingerprint density at radius 2 is 2.15 bits per heavy atom. The molecule has 1 heterocycles. The molecule has 3 nitrogen and oxygen atoms in total. The third kappa shape index (κ3) is 1.64. The molecule has 70 valence electrons. The second-order valence-electron chi connectivity index (χ2n) is 3.64. The van der Waals surface area contributed by atoms with Crippen LogP contribution >= 0.6 is 0 Å². The minimum absolute atomic E-state index is 0.689. The summed E-state index contributed by atoms with van der Waals surface area (Å²) in [5, 5.41) is 2.99. The third-order valence-corrected chi connectivity index (χ3v) is 2.62. The van der Waals surface area contributed by atoms with E-state index < -0.39 is 0 Å². The molecule has 0 saturated heterocycles. The Balaban J connectivity index is 2.28. The third-order valence-electron chi connectivity index (χ3n) is 2.62. The van der Waals surface area contributed by atoms with E-state index in [0.717, 1.165) is 11.6 Å². The number of aromatic nitrogens is 2. The van der Waals surface area contributed by atoms with E-state index in [9.17, 15) is 0 Å². The van der Waals surface area contributed by atoms with Crippen LogP contribution in [0.5, 0.6) is 0 Å². The highest BCUT2D eigenvalue weighted by molar-refractivity contribution is 5.28. The molecule has 0 amide bonds. The van der Waals surface area contributed by atoms with E-state index in [0.29, 0.717) is 5.92 Å².